The first kappa shape index (κ1) is 15.2. The number of aromatic nitrogens is 3. The van der Waals surface area contributed by atoms with Crippen LogP contribution in [0.25, 0.3) is 0 Å². The van der Waals surface area contributed by atoms with Gasteiger partial charge in [-0.3, -0.25) is 4.79 Å². The van der Waals surface area contributed by atoms with Gasteiger partial charge in [-0.2, -0.15) is 5.10 Å². The molecule has 0 aliphatic heterocycles. The molecule has 1 heterocycles. The summed E-state index contributed by atoms with van der Waals surface area (Å²) in [5, 5.41) is 6.83. The molecule has 5 nitrogen and oxygen atoms in total. The van der Waals surface area contributed by atoms with Crippen LogP contribution >= 0.6 is 11.6 Å². The lowest BCUT2D eigenvalue weighted by Gasteiger charge is -2.08. The number of hydrogen-bond donors (Lipinski definition) is 1. The molecule has 1 N–H and O–H groups in total. The molecule has 1 amide bonds. The van der Waals surface area contributed by atoms with E-state index < -0.39 is 5.82 Å². The molecule has 0 aliphatic carbocycles. The molecule has 116 valence electrons. The number of amides is 1. The van der Waals surface area contributed by atoms with Crippen molar-refractivity contribution >= 4 is 23.2 Å². The van der Waals surface area contributed by atoms with E-state index in [0.29, 0.717) is 12.2 Å². The van der Waals surface area contributed by atoms with Crippen LogP contribution in [-0.4, -0.2) is 20.7 Å². The minimum Gasteiger partial charge on any atom is -0.322 e. The highest BCUT2D eigenvalue weighted by Crippen LogP contribution is 2.19. The number of carbonyl (C=O) groups excluding carboxylic acids is 1. The third-order valence-corrected chi connectivity index (χ3v) is 3.51. The van der Waals surface area contributed by atoms with Crippen molar-refractivity contribution in [3.8, 4) is 0 Å². The fourth-order valence-electron chi connectivity index (χ4n) is 2.07. The first-order chi connectivity index (χ1) is 11.1. The smallest absolute Gasteiger partial charge is 0.257 e. The Morgan fingerprint density at radius 1 is 1.22 bits per heavy atom. The SMILES string of the molecule is O=C(Nc1ccc(Cn2cncn2)cc1)c1ccc(F)cc1Cl. The zero-order valence-electron chi connectivity index (χ0n) is 11.9. The van der Waals surface area contributed by atoms with Gasteiger partial charge in [0, 0.05) is 5.69 Å². The van der Waals surface area contributed by atoms with Gasteiger partial charge in [0.2, 0.25) is 0 Å². The lowest BCUT2D eigenvalue weighted by atomic mass is 10.1. The number of halogens is 2. The molecule has 0 saturated heterocycles. The second-order valence-electron chi connectivity index (χ2n) is 4.87. The monoisotopic (exact) mass is 330 g/mol. The molecule has 0 spiro atoms. The van der Waals surface area contributed by atoms with E-state index in [1.54, 1.807) is 23.1 Å². The number of benzene rings is 2. The summed E-state index contributed by atoms with van der Waals surface area (Å²) in [7, 11) is 0. The number of rotatable bonds is 4. The fourth-order valence-corrected chi connectivity index (χ4v) is 2.32. The quantitative estimate of drug-likeness (QED) is 0.798. The highest BCUT2D eigenvalue weighted by molar-refractivity contribution is 6.34. The van der Waals surface area contributed by atoms with Gasteiger partial charge < -0.3 is 5.32 Å². The van der Waals surface area contributed by atoms with Gasteiger partial charge in [-0.1, -0.05) is 23.7 Å². The Bertz CT molecular complexity index is 819. The zero-order chi connectivity index (χ0) is 16.2. The topological polar surface area (TPSA) is 59.8 Å². The van der Waals surface area contributed by atoms with Gasteiger partial charge in [0.15, 0.2) is 0 Å². The summed E-state index contributed by atoms with van der Waals surface area (Å²) >= 11 is 5.88. The van der Waals surface area contributed by atoms with Crippen molar-refractivity contribution in [3.05, 3.63) is 77.1 Å². The number of nitrogens with one attached hydrogen (secondary N) is 1. The maximum Gasteiger partial charge on any atom is 0.257 e. The Kier molecular flexibility index (Phi) is 4.34. The molecular weight excluding hydrogens is 319 g/mol. The van der Waals surface area contributed by atoms with Crippen molar-refractivity contribution < 1.29 is 9.18 Å². The van der Waals surface area contributed by atoms with Crippen molar-refractivity contribution in [2.45, 2.75) is 6.54 Å². The van der Waals surface area contributed by atoms with Crippen molar-refractivity contribution in [2.75, 3.05) is 5.32 Å². The van der Waals surface area contributed by atoms with Crippen LogP contribution in [0.5, 0.6) is 0 Å². The minimum absolute atomic E-state index is 0.0744. The lowest BCUT2D eigenvalue weighted by molar-refractivity contribution is 0.102. The third-order valence-electron chi connectivity index (χ3n) is 3.20. The summed E-state index contributed by atoms with van der Waals surface area (Å²) in [5.41, 5.74) is 1.87. The molecule has 0 fully saturated rings. The van der Waals surface area contributed by atoms with Crippen LogP contribution in [0.2, 0.25) is 5.02 Å². The van der Waals surface area contributed by atoms with Gasteiger partial charge in [-0.05, 0) is 35.9 Å². The zero-order valence-corrected chi connectivity index (χ0v) is 12.7. The summed E-state index contributed by atoms with van der Waals surface area (Å²) in [5.74, 6) is -0.872. The molecule has 0 aliphatic rings. The lowest BCUT2D eigenvalue weighted by Crippen LogP contribution is -2.12. The standard InChI is InChI=1S/C16H12ClFN4O/c17-15-7-12(18)3-6-14(15)16(23)21-13-4-1-11(2-5-13)8-22-10-19-9-20-22/h1-7,9-10H,8H2,(H,21,23). The van der Waals surface area contributed by atoms with Crippen molar-refractivity contribution in [2.24, 2.45) is 0 Å². The van der Waals surface area contributed by atoms with Crippen LogP contribution in [0.1, 0.15) is 15.9 Å². The Hall–Kier alpha value is -2.73. The Balaban J connectivity index is 1.69. The summed E-state index contributed by atoms with van der Waals surface area (Å²) in [6.45, 7) is 0.595. The third kappa shape index (κ3) is 3.73. The average molecular weight is 331 g/mol. The van der Waals surface area contributed by atoms with Crippen LogP contribution < -0.4 is 5.32 Å². The second kappa shape index (κ2) is 6.58. The molecule has 0 atom stereocenters. The van der Waals surface area contributed by atoms with Crippen molar-refractivity contribution in [1.82, 2.24) is 14.8 Å². The number of nitrogens with zero attached hydrogens (tertiary/aromatic N) is 3. The van der Waals surface area contributed by atoms with E-state index in [2.05, 4.69) is 15.4 Å². The predicted octanol–water partition coefficient (Wildman–Crippen LogP) is 3.37. The highest BCUT2D eigenvalue weighted by Gasteiger charge is 2.11. The molecule has 0 unspecified atom stereocenters. The molecule has 0 saturated carbocycles. The largest absolute Gasteiger partial charge is 0.322 e. The number of carbonyl (C=O) groups is 1. The van der Waals surface area contributed by atoms with Crippen LogP contribution in [0.15, 0.2) is 55.1 Å². The summed E-state index contributed by atoms with van der Waals surface area (Å²) in [6.07, 6.45) is 3.10. The van der Waals surface area contributed by atoms with Crippen molar-refractivity contribution in [1.29, 1.82) is 0 Å². The summed E-state index contributed by atoms with van der Waals surface area (Å²) in [4.78, 5) is 16.0. The molecule has 3 rings (SSSR count). The van der Waals surface area contributed by atoms with Gasteiger partial charge in [0.25, 0.3) is 5.91 Å². The molecule has 1 aromatic heterocycles. The first-order valence-corrected chi connectivity index (χ1v) is 7.17. The van der Waals surface area contributed by atoms with Crippen LogP contribution in [-0.2, 0) is 6.54 Å². The van der Waals surface area contributed by atoms with Gasteiger partial charge in [-0.15, -0.1) is 0 Å². The summed E-state index contributed by atoms with van der Waals surface area (Å²) in [6, 6.07) is 11.0. The Morgan fingerprint density at radius 2 is 2.00 bits per heavy atom. The van der Waals surface area contributed by atoms with Gasteiger partial charge in [0.05, 0.1) is 17.1 Å². The minimum atomic E-state index is -0.482. The molecular formula is C16H12ClFN4O. The van der Waals surface area contributed by atoms with E-state index >= 15 is 0 Å². The van der Waals surface area contributed by atoms with Gasteiger partial charge in [-0.25, -0.2) is 14.1 Å². The van der Waals surface area contributed by atoms with Crippen molar-refractivity contribution in [3.63, 3.8) is 0 Å². The Morgan fingerprint density at radius 3 is 2.65 bits per heavy atom. The molecule has 7 heteroatoms. The van der Waals surface area contributed by atoms with E-state index in [0.717, 1.165) is 11.6 Å². The average Bonchev–Trinajstić information content (AvgIpc) is 3.02. The van der Waals surface area contributed by atoms with E-state index in [-0.39, 0.29) is 16.5 Å². The molecule has 3 aromatic rings. The van der Waals surface area contributed by atoms with E-state index in [1.165, 1.54) is 18.5 Å². The fraction of sp³-hybridized carbons (Fsp3) is 0.0625. The molecule has 2 aromatic carbocycles. The predicted molar refractivity (Wildman–Crippen MR) is 84.9 cm³/mol. The summed E-state index contributed by atoms with van der Waals surface area (Å²) < 4.78 is 14.7. The van der Waals surface area contributed by atoms with Crippen LogP contribution in [0.3, 0.4) is 0 Å². The second-order valence-corrected chi connectivity index (χ2v) is 5.28. The maximum atomic E-state index is 13.0. The highest BCUT2D eigenvalue weighted by atomic mass is 35.5. The van der Waals surface area contributed by atoms with Gasteiger partial charge in [0.1, 0.15) is 18.5 Å². The molecule has 0 bridgehead atoms. The van der Waals surface area contributed by atoms with Crippen LogP contribution in [0, 0.1) is 5.82 Å². The molecule has 23 heavy (non-hydrogen) atoms. The number of hydrogen-bond acceptors (Lipinski definition) is 3. The van der Waals surface area contributed by atoms with E-state index in [9.17, 15) is 9.18 Å². The van der Waals surface area contributed by atoms with E-state index in [4.69, 9.17) is 11.6 Å². The van der Waals surface area contributed by atoms with Gasteiger partial charge >= 0.3 is 0 Å². The molecule has 0 radical (unpaired) electrons. The Labute approximate surface area is 136 Å². The first-order valence-electron chi connectivity index (χ1n) is 6.79. The van der Waals surface area contributed by atoms with E-state index in [1.807, 2.05) is 12.1 Å². The number of anilines is 1. The van der Waals surface area contributed by atoms with Crippen LogP contribution in [0.4, 0.5) is 10.1 Å². The normalized spacial score (nSPS) is 10.5. The maximum absolute atomic E-state index is 13.0.